The molecule has 0 unspecified atom stereocenters. The fourth-order valence-electron chi connectivity index (χ4n) is 2.27. The van der Waals surface area contributed by atoms with Gasteiger partial charge in [0, 0.05) is 26.2 Å². The predicted octanol–water partition coefficient (Wildman–Crippen LogP) is 4.72. The summed E-state index contributed by atoms with van der Waals surface area (Å²) in [5.74, 6) is -0.146. The highest BCUT2D eigenvalue weighted by atomic mass is 35.5. The number of anilines is 2. The Morgan fingerprint density at radius 1 is 0.963 bits per heavy atom. The number of nitrogens with one attached hydrogen (secondary N) is 2. The quantitative estimate of drug-likeness (QED) is 0.627. The Balaban J connectivity index is 1.85. The molecule has 0 saturated heterocycles. The predicted molar refractivity (Wildman–Crippen MR) is 112 cm³/mol. The van der Waals surface area contributed by atoms with Gasteiger partial charge in [-0.1, -0.05) is 46.9 Å². The van der Waals surface area contributed by atoms with E-state index in [4.69, 9.17) is 34.8 Å². The topological polar surface area (TPSA) is 61.4 Å². The van der Waals surface area contributed by atoms with E-state index in [1.54, 1.807) is 37.2 Å². The molecule has 0 aliphatic rings. The van der Waals surface area contributed by atoms with Crippen molar-refractivity contribution in [3.63, 3.8) is 0 Å². The molecule has 0 heterocycles. The van der Waals surface area contributed by atoms with Crippen molar-refractivity contribution in [2.24, 2.45) is 0 Å². The van der Waals surface area contributed by atoms with Crippen LogP contribution in [0.5, 0.6) is 0 Å². The number of carbonyl (C=O) groups excluding carboxylic acids is 2. The zero-order chi connectivity index (χ0) is 20.0. The van der Waals surface area contributed by atoms with Gasteiger partial charge in [-0.05, 0) is 36.2 Å². The van der Waals surface area contributed by atoms with Crippen LogP contribution in [0, 0.1) is 0 Å². The van der Waals surface area contributed by atoms with E-state index in [1.165, 1.54) is 6.07 Å². The molecule has 0 spiro atoms. The highest BCUT2D eigenvalue weighted by Crippen LogP contribution is 2.32. The number of amides is 2. The van der Waals surface area contributed by atoms with Crippen molar-refractivity contribution >= 4 is 58.0 Å². The summed E-state index contributed by atoms with van der Waals surface area (Å²) >= 11 is 17.9. The van der Waals surface area contributed by atoms with Gasteiger partial charge >= 0.3 is 0 Å². The van der Waals surface area contributed by atoms with E-state index in [-0.39, 0.29) is 18.4 Å². The number of carbonyl (C=O) groups is 2. The van der Waals surface area contributed by atoms with E-state index < -0.39 is 0 Å². The lowest BCUT2D eigenvalue weighted by atomic mass is 10.1. The fraction of sp³-hybridized carbons (Fsp3) is 0.263. The molecule has 27 heavy (non-hydrogen) atoms. The maximum absolute atomic E-state index is 12.1. The van der Waals surface area contributed by atoms with Crippen LogP contribution in [0.15, 0.2) is 36.4 Å². The van der Waals surface area contributed by atoms with Crippen LogP contribution in [0.4, 0.5) is 11.4 Å². The van der Waals surface area contributed by atoms with Crippen LogP contribution < -0.4 is 10.6 Å². The first-order valence-electron chi connectivity index (χ1n) is 8.23. The lowest BCUT2D eigenvalue weighted by Crippen LogP contribution is -2.22. The number of benzene rings is 2. The minimum Gasteiger partial charge on any atom is -0.375 e. The van der Waals surface area contributed by atoms with E-state index in [9.17, 15) is 9.59 Å². The highest BCUT2D eigenvalue weighted by Gasteiger charge is 2.09. The zero-order valence-corrected chi connectivity index (χ0v) is 17.3. The molecule has 2 N–H and O–H groups in total. The molecule has 0 fully saturated rings. The molecule has 0 radical (unpaired) electrons. The standard InChI is InChI=1S/C19H20Cl3N3O2/c1-25(2)19(27)8-5-12-3-6-13(7-4-12)24-18(26)11-23-17-10-15(21)14(20)9-16(17)22/h3-4,6-7,9-10,23H,5,8,11H2,1-2H3,(H,24,26). The van der Waals surface area contributed by atoms with Gasteiger partial charge in [0.1, 0.15) is 0 Å². The SMILES string of the molecule is CN(C)C(=O)CCc1ccc(NC(=O)CNc2cc(Cl)c(Cl)cc2Cl)cc1. The van der Waals surface area contributed by atoms with Gasteiger partial charge in [0.2, 0.25) is 11.8 Å². The summed E-state index contributed by atoms with van der Waals surface area (Å²) in [6.07, 6.45) is 1.11. The molecule has 0 bridgehead atoms. The van der Waals surface area contributed by atoms with E-state index in [0.29, 0.717) is 39.3 Å². The molecule has 144 valence electrons. The smallest absolute Gasteiger partial charge is 0.243 e. The number of hydrogen-bond acceptors (Lipinski definition) is 3. The summed E-state index contributed by atoms with van der Waals surface area (Å²) in [5.41, 5.74) is 2.23. The highest BCUT2D eigenvalue weighted by molar-refractivity contribution is 6.44. The minimum atomic E-state index is -0.229. The van der Waals surface area contributed by atoms with Crippen molar-refractivity contribution in [2.75, 3.05) is 31.3 Å². The molecule has 2 aromatic carbocycles. The van der Waals surface area contributed by atoms with Crippen LogP contribution in [0.3, 0.4) is 0 Å². The summed E-state index contributed by atoms with van der Waals surface area (Å²) in [4.78, 5) is 25.3. The van der Waals surface area contributed by atoms with Gasteiger partial charge in [-0.2, -0.15) is 0 Å². The second kappa shape index (κ2) is 9.83. The van der Waals surface area contributed by atoms with Gasteiger partial charge < -0.3 is 15.5 Å². The number of nitrogens with zero attached hydrogens (tertiary/aromatic N) is 1. The second-order valence-corrected chi connectivity index (χ2v) is 7.35. The van der Waals surface area contributed by atoms with Crippen LogP contribution in [0.1, 0.15) is 12.0 Å². The summed E-state index contributed by atoms with van der Waals surface area (Å²) < 4.78 is 0. The largest absolute Gasteiger partial charge is 0.375 e. The number of halogens is 3. The third-order valence-electron chi connectivity index (χ3n) is 3.81. The molecule has 0 aliphatic carbocycles. The lowest BCUT2D eigenvalue weighted by molar-refractivity contribution is -0.128. The monoisotopic (exact) mass is 427 g/mol. The third-order valence-corrected chi connectivity index (χ3v) is 4.85. The molecule has 0 aliphatic heterocycles. The van der Waals surface area contributed by atoms with E-state index in [1.807, 2.05) is 12.1 Å². The number of rotatable bonds is 7. The summed E-state index contributed by atoms with van der Waals surface area (Å²) in [6.45, 7) is 0.0246. The maximum atomic E-state index is 12.1. The minimum absolute atomic E-state index is 0.0246. The van der Waals surface area contributed by atoms with Gasteiger partial charge in [0.25, 0.3) is 0 Å². The van der Waals surface area contributed by atoms with E-state index >= 15 is 0 Å². The Hall–Kier alpha value is -1.95. The molecular formula is C19H20Cl3N3O2. The Morgan fingerprint density at radius 3 is 2.22 bits per heavy atom. The number of aryl methyl sites for hydroxylation is 1. The van der Waals surface area contributed by atoms with Gasteiger partial charge in [-0.15, -0.1) is 0 Å². The summed E-state index contributed by atoms with van der Waals surface area (Å²) in [7, 11) is 3.47. The van der Waals surface area contributed by atoms with Crippen LogP contribution in [0.25, 0.3) is 0 Å². The maximum Gasteiger partial charge on any atom is 0.243 e. The first-order chi connectivity index (χ1) is 12.8. The normalized spacial score (nSPS) is 10.4. The molecule has 5 nitrogen and oxygen atoms in total. The van der Waals surface area contributed by atoms with Gasteiger partial charge in [-0.25, -0.2) is 0 Å². The van der Waals surface area contributed by atoms with Crippen LogP contribution >= 0.6 is 34.8 Å². The third kappa shape index (κ3) is 6.61. The lowest BCUT2D eigenvalue weighted by Gasteiger charge is -2.11. The Morgan fingerprint density at radius 2 is 1.59 bits per heavy atom. The van der Waals surface area contributed by atoms with E-state index in [2.05, 4.69) is 10.6 Å². The van der Waals surface area contributed by atoms with Crippen LogP contribution in [0.2, 0.25) is 15.1 Å². The van der Waals surface area contributed by atoms with Crippen molar-refractivity contribution in [3.05, 3.63) is 57.0 Å². The molecule has 8 heteroatoms. The van der Waals surface area contributed by atoms with Gasteiger partial charge in [-0.3, -0.25) is 9.59 Å². The second-order valence-electron chi connectivity index (χ2n) is 6.13. The van der Waals surface area contributed by atoms with E-state index in [0.717, 1.165) is 5.56 Å². The molecule has 2 amide bonds. The Bertz CT molecular complexity index is 824. The summed E-state index contributed by atoms with van der Waals surface area (Å²) in [5, 5.41) is 6.80. The first kappa shape index (κ1) is 21.4. The summed E-state index contributed by atoms with van der Waals surface area (Å²) in [6, 6.07) is 10.5. The van der Waals surface area contributed by atoms with Gasteiger partial charge in [0.15, 0.2) is 0 Å². The van der Waals surface area contributed by atoms with Crippen molar-refractivity contribution in [2.45, 2.75) is 12.8 Å². The average molecular weight is 429 g/mol. The van der Waals surface area contributed by atoms with Crippen molar-refractivity contribution in [1.82, 2.24) is 4.90 Å². The molecule has 0 saturated carbocycles. The van der Waals surface area contributed by atoms with Crippen molar-refractivity contribution in [3.8, 4) is 0 Å². The van der Waals surface area contributed by atoms with Crippen LogP contribution in [-0.2, 0) is 16.0 Å². The molecular weight excluding hydrogens is 409 g/mol. The van der Waals surface area contributed by atoms with Gasteiger partial charge in [0.05, 0.1) is 27.3 Å². The first-order valence-corrected chi connectivity index (χ1v) is 9.37. The van der Waals surface area contributed by atoms with Crippen LogP contribution in [-0.4, -0.2) is 37.4 Å². The van der Waals surface area contributed by atoms with Crippen molar-refractivity contribution < 1.29 is 9.59 Å². The molecule has 2 rings (SSSR count). The molecule has 0 atom stereocenters. The van der Waals surface area contributed by atoms with Crippen molar-refractivity contribution in [1.29, 1.82) is 0 Å². The molecule has 2 aromatic rings. The average Bonchev–Trinajstić information content (AvgIpc) is 2.62. The Labute approximate surface area is 173 Å². The Kier molecular flexibility index (Phi) is 7.78. The fourth-order valence-corrected chi connectivity index (χ4v) is 2.88. The molecule has 0 aromatic heterocycles. The number of hydrogen-bond donors (Lipinski definition) is 2. The zero-order valence-electron chi connectivity index (χ0n) is 15.0.